The van der Waals surface area contributed by atoms with Gasteiger partial charge in [-0.15, -0.1) is 0 Å². The summed E-state index contributed by atoms with van der Waals surface area (Å²) in [5.41, 5.74) is -0.792. The van der Waals surface area contributed by atoms with Crippen LogP contribution >= 0.6 is 15.9 Å². The van der Waals surface area contributed by atoms with E-state index in [1.807, 2.05) is 0 Å². The van der Waals surface area contributed by atoms with Crippen LogP contribution in [0.5, 0.6) is 0 Å². The van der Waals surface area contributed by atoms with E-state index in [9.17, 15) is 9.90 Å². The summed E-state index contributed by atoms with van der Waals surface area (Å²) in [6, 6.07) is 0. The molecule has 0 aliphatic carbocycles. The van der Waals surface area contributed by atoms with E-state index in [0.717, 1.165) is 19.4 Å². The molecule has 3 nitrogen and oxygen atoms in total. The van der Waals surface area contributed by atoms with Gasteiger partial charge in [0.15, 0.2) is 0 Å². The average Bonchev–Trinajstić information content (AvgIpc) is 1.96. The van der Waals surface area contributed by atoms with E-state index in [1.54, 1.807) is 18.7 Å². The second-order valence-corrected chi connectivity index (χ2v) is 5.29. The van der Waals surface area contributed by atoms with Gasteiger partial charge in [-0.3, -0.25) is 4.79 Å². The van der Waals surface area contributed by atoms with Crippen LogP contribution in [0.3, 0.4) is 0 Å². The van der Waals surface area contributed by atoms with Crippen LogP contribution in [0.1, 0.15) is 26.7 Å². The molecular formula is C9H16BrNO2. The predicted molar refractivity (Wildman–Crippen MR) is 54.8 cm³/mol. The Bertz CT molecular complexity index is 200. The highest BCUT2D eigenvalue weighted by molar-refractivity contribution is 9.10. The number of aliphatic hydroxyl groups is 1. The van der Waals surface area contributed by atoms with Gasteiger partial charge in [0.2, 0.25) is 5.91 Å². The number of piperidine rings is 1. The summed E-state index contributed by atoms with van der Waals surface area (Å²) in [6.45, 7) is 4.63. The van der Waals surface area contributed by atoms with E-state index in [4.69, 9.17) is 0 Å². The molecule has 0 aromatic heterocycles. The summed E-state index contributed by atoms with van der Waals surface area (Å²) in [5, 5.41) is 9.56. The summed E-state index contributed by atoms with van der Waals surface area (Å²) in [6.07, 6.45) is 1.92. The standard InChI is InChI=1S/C9H16BrNO2/c1-9(2,13)6-11-5-3-4-7(10)8(11)12/h7,13H,3-6H2,1-2H3. The SMILES string of the molecule is CC(C)(O)CN1CCCC(Br)C1=O. The molecule has 1 fully saturated rings. The zero-order valence-corrected chi connectivity index (χ0v) is 9.67. The molecule has 1 saturated heterocycles. The Kier molecular flexibility index (Phi) is 3.35. The average molecular weight is 250 g/mol. The molecule has 1 amide bonds. The second kappa shape index (κ2) is 3.96. The van der Waals surface area contributed by atoms with Gasteiger partial charge in [0.25, 0.3) is 0 Å². The molecule has 1 atom stereocenters. The number of carbonyl (C=O) groups excluding carboxylic acids is 1. The van der Waals surface area contributed by atoms with Gasteiger partial charge >= 0.3 is 0 Å². The van der Waals surface area contributed by atoms with Crippen LogP contribution in [-0.4, -0.2) is 39.4 Å². The number of carbonyl (C=O) groups is 1. The number of alkyl halides is 1. The van der Waals surface area contributed by atoms with Crippen molar-refractivity contribution in [1.82, 2.24) is 4.90 Å². The van der Waals surface area contributed by atoms with Crippen molar-refractivity contribution in [3.8, 4) is 0 Å². The summed E-state index contributed by atoms with van der Waals surface area (Å²) in [5.74, 6) is 0.105. The lowest BCUT2D eigenvalue weighted by molar-refractivity contribution is -0.135. The van der Waals surface area contributed by atoms with Crippen LogP contribution < -0.4 is 0 Å². The zero-order valence-electron chi connectivity index (χ0n) is 8.09. The molecule has 0 radical (unpaired) electrons. The lowest BCUT2D eigenvalue weighted by Crippen LogP contribution is -2.48. The van der Waals surface area contributed by atoms with E-state index < -0.39 is 5.60 Å². The normalized spacial score (nSPS) is 25.1. The molecule has 1 rings (SSSR count). The van der Waals surface area contributed by atoms with Gasteiger partial charge in [-0.05, 0) is 26.7 Å². The van der Waals surface area contributed by atoms with Crippen LogP contribution in [0.4, 0.5) is 0 Å². The van der Waals surface area contributed by atoms with E-state index >= 15 is 0 Å². The van der Waals surface area contributed by atoms with E-state index in [-0.39, 0.29) is 10.7 Å². The number of halogens is 1. The van der Waals surface area contributed by atoms with E-state index in [0.29, 0.717) is 6.54 Å². The summed E-state index contributed by atoms with van der Waals surface area (Å²) in [4.78, 5) is 13.2. The fourth-order valence-electron chi connectivity index (χ4n) is 1.52. The van der Waals surface area contributed by atoms with Crippen LogP contribution in [-0.2, 0) is 4.79 Å². The van der Waals surface area contributed by atoms with Crippen molar-refractivity contribution < 1.29 is 9.90 Å². The maximum absolute atomic E-state index is 11.6. The Labute approximate surface area is 87.2 Å². The first kappa shape index (κ1) is 11.0. The second-order valence-electron chi connectivity index (χ2n) is 4.18. The minimum absolute atomic E-state index is 0.0522. The number of amides is 1. The first-order chi connectivity index (χ1) is 5.90. The molecule has 0 aromatic carbocycles. The fourth-order valence-corrected chi connectivity index (χ4v) is 2.13. The number of likely N-dealkylation sites (tertiary alicyclic amines) is 1. The van der Waals surface area contributed by atoms with Crippen molar-refractivity contribution in [2.45, 2.75) is 37.1 Å². The molecule has 0 saturated carbocycles. The lowest BCUT2D eigenvalue weighted by atomic mass is 10.1. The summed E-state index contributed by atoms with van der Waals surface area (Å²) < 4.78 is 0. The van der Waals surface area contributed by atoms with Crippen LogP contribution in [0, 0.1) is 0 Å². The van der Waals surface area contributed by atoms with E-state index in [1.165, 1.54) is 0 Å². The molecule has 0 spiro atoms. The van der Waals surface area contributed by atoms with Gasteiger partial charge in [0.05, 0.1) is 10.4 Å². The number of rotatable bonds is 2. The molecule has 0 aromatic rings. The largest absolute Gasteiger partial charge is 0.389 e. The smallest absolute Gasteiger partial charge is 0.236 e. The lowest BCUT2D eigenvalue weighted by Gasteiger charge is -2.33. The highest BCUT2D eigenvalue weighted by Gasteiger charge is 2.29. The minimum Gasteiger partial charge on any atom is -0.389 e. The van der Waals surface area contributed by atoms with Crippen molar-refractivity contribution in [1.29, 1.82) is 0 Å². The number of β-amino-alcohol motifs (C(OH)–C–C–N with tert-alkyl or cyclic N) is 1. The number of hydrogen-bond donors (Lipinski definition) is 1. The third kappa shape index (κ3) is 3.27. The molecule has 13 heavy (non-hydrogen) atoms. The Hall–Kier alpha value is -0.0900. The van der Waals surface area contributed by atoms with Gasteiger partial charge in [-0.1, -0.05) is 15.9 Å². The van der Waals surface area contributed by atoms with Gasteiger partial charge in [-0.25, -0.2) is 0 Å². The third-order valence-corrected chi connectivity index (χ3v) is 2.89. The van der Waals surface area contributed by atoms with Crippen LogP contribution in [0.15, 0.2) is 0 Å². The van der Waals surface area contributed by atoms with Crippen molar-refractivity contribution >= 4 is 21.8 Å². The molecule has 76 valence electrons. The molecule has 1 heterocycles. The summed E-state index contributed by atoms with van der Waals surface area (Å²) >= 11 is 3.33. The van der Waals surface area contributed by atoms with E-state index in [2.05, 4.69) is 15.9 Å². The van der Waals surface area contributed by atoms with Gasteiger partial charge in [0, 0.05) is 13.1 Å². The van der Waals surface area contributed by atoms with Crippen molar-refractivity contribution in [3.05, 3.63) is 0 Å². The zero-order chi connectivity index (χ0) is 10.1. The highest BCUT2D eigenvalue weighted by Crippen LogP contribution is 2.20. The number of hydrogen-bond acceptors (Lipinski definition) is 2. The van der Waals surface area contributed by atoms with Crippen molar-refractivity contribution in [3.63, 3.8) is 0 Å². The van der Waals surface area contributed by atoms with Crippen LogP contribution in [0.25, 0.3) is 0 Å². The molecule has 1 unspecified atom stereocenters. The molecular weight excluding hydrogens is 234 g/mol. The Morgan fingerprint density at radius 1 is 1.69 bits per heavy atom. The first-order valence-electron chi connectivity index (χ1n) is 4.55. The predicted octanol–water partition coefficient (Wildman–Crippen LogP) is 1.14. The van der Waals surface area contributed by atoms with Crippen molar-refractivity contribution in [2.24, 2.45) is 0 Å². The third-order valence-electron chi connectivity index (χ3n) is 2.04. The maximum Gasteiger partial charge on any atom is 0.236 e. The van der Waals surface area contributed by atoms with Crippen LogP contribution in [0.2, 0.25) is 0 Å². The molecule has 1 N–H and O–H groups in total. The van der Waals surface area contributed by atoms with Gasteiger partial charge in [-0.2, -0.15) is 0 Å². The summed E-state index contributed by atoms with van der Waals surface area (Å²) in [7, 11) is 0. The minimum atomic E-state index is -0.792. The Balaban J connectivity index is 2.54. The molecule has 0 bridgehead atoms. The maximum atomic E-state index is 11.6. The Morgan fingerprint density at radius 3 is 2.85 bits per heavy atom. The first-order valence-corrected chi connectivity index (χ1v) is 5.47. The fraction of sp³-hybridized carbons (Fsp3) is 0.889. The highest BCUT2D eigenvalue weighted by atomic mass is 79.9. The monoisotopic (exact) mass is 249 g/mol. The molecule has 1 aliphatic heterocycles. The molecule has 4 heteroatoms. The quantitative estimate of drug-likeness (QED) is 0.747. The van der Waals surface area contributed by atoms with Crippen molar-refractivity contribution in [2.75, 3.05) is 13.1 Å². The number of nitrogens with zero attached hydrogens (tertiary/aromatic N) is 1. The van der Waals surface area contributed by atoms with Gasteiger partial charge in [0.1, 0.15) is 0 Å². The molecule has 1 aliphatic rings. The van der Waals surface area contributed by atoms with Gasteiger partial charge < -0.3 is 10.0 Å². The Morgan fingerprint density at radius 2 is 2.31 bits per heavy atom. The topological polar surface area (TPSA) is 40.5 Å².